The van der Waals surface area contributed by atoms with Crippen LogP contribution >= 0.6 is 0 Å². The molecule has 7 nitrogen and oxygen atoms in total. The lowest BCUT2D eigenvalue weighted by molar-refractivity contribution is -0.137. The van der Waals surface area contributed by atoms with Gasteiger partial charge in [-0.2, -0.15) is 0 Å². The van der Waals surface area contributed by atoms with Crippen molar-refractivity contribution in [2.24, 2.45) is 0 Å². The Balaban J connectivity index is 1.14. The van der Waals surface area contributed by atoms with E-state index in [1.807, 2.05) is 29.0 Å². The second-order valence-electron chi connectivity index (χ2n) is 11.7. The molecule has 1 atom stereocenters. The maximum Gasteiger partial charge on any atom is 0.328 e. The average molecular weight is 564 g/mol. The van der Waals surface area contributed by atoms with Crippen LogP contribution in [0.5, 0.6) is 0 Å². The third kappa shape index (κ3) is 4.60. The molecule has 1 aromatic heterocycles. The van der Waals surface area contributed by atoms with Crippen LogP contribution in [0, 0.1) is 5.82 Å². The summed E-state index contributed by atoms with van der Waals surface area (Å²) < 4.78 is 16.8. The largest absolute Gasteiger partial charge is 0.328 e. The molecule has 1 unspecified atom stereocenters. The SMILES string of the molecule is O=C1N(C2CCCc3ccccc32)C(=O)C2(CCN(Cc3ccc(-n4ccnc4)cc3)CC2)N1Cc1ccccc1F. The van der Waals surface area contributed by atoms with Gasteiger partial charge in [0.1, 0.15) is 11.4 Å². The number of rotatable bonds is 6. The minimum Gasteiger partial charge on any atom is -0.306 e. The molecule has 3 aliphatic rings. The quantitative estimate of drug-likeness (QED) is 0.275. The molecule has 3 amide bonds. The first-order valence-corrected chi connectivity index (χ1v) is 14.8. The van der Waals surface area contributed by atoms with Gasteiger partial charge in [0, 0.05) is 43.3 Å². The Hall–Kier alpha value is -4.30. The molecule has 214 valence electrons. The van der Waals surface area contributed by atoms with Crippen molar-refractivity contribution >= 4 is 11.9 Å². The van der Waals surface area contributed by atoms with Gasteiger partial charge in [0.15, 0.2) is 0 Å². The monoisotopic (exact) mass is 563 g/mol. The van der Waals surface area contributed by atoms with E-state index < -0.39 is 5.54 Å². The van der Waals surface area contributed by atoms with E-state index in [0.29, 0.717) is 31.5 Å². The average Bonchev–Trinajstić information content (AvgIpc) is 3.62. The van der Waals surface area contributed by atoms with E-state index in [9.17, 15) is 14.0 Å². The topological polar surface area (TPSA) is 61.7 Å². The van der Waals surface area contributed by atoms with E-state index in [4.69, 9.17) is 0 Å². The van der Waals surface area contributed by atoms with Crippen molar-refractivity contribution in [3.63, 3.8) is 0 Å². The van der Waals surface area contributed by atoms with Crippen molar-refractivity contribution in [3.8, 4) is 5.69 Å². The Morgan fingerprint density at radius 2 is 1.67 bits per heavy atom. The number of likely N-dealkylation sites (tertiary alicyclic amines) is 1. The standard InChI is InChI=1S/C34H34FN5O2/c35-30-10-4-2-7-27(30)23-39-33(42)40(31-11-5-8-26-6-1-3-9-29(26)31)32(41)34(39)16-19-37(20-17-34)22-25-12-14-28(15-13-25)38-21-18-36-24-38/h1-4,6-7,9-10,12-15,18,21,24,31H,5,8,11,16-17,19-20,22-23H2. The lowest BCUT2D eigenvalue weighted by atomic mass is 9.83. The molecule has 3 aromatic carbocycles. The van der Waals surface area contributed by atoms with Crippen LogP contribution in [-0.2, 0) is 24.3 Å². The maximum atomic E-state index is 14.8. The van der Waals surface area contributed by atoms with Gasteiger partial charge in [-0.3, -0.25) is 14.6 Å². The van der Waals surface area contributed by atoms with Crippen molar-refractivity contribution in [2.45, 2.75) is 56.8 Å². The van der Waals surface area contributed by atoms with Crippen molar-refractivity contribution in [1.29, 1.82) is 0 Å². The molecule has 2 saturated heterocycles. The molecule has 8 heteroatoms. The number of aryl methyl sites for hydroxylation is 1. The van der Waals surface area contributed by atoms with Crippen LogP contribution in [0.15, 0.2) is 91.5 Å². The van der Waals surface area contributed by atoms with Gasteiger partial charge in [-0.15, -0.1) is 0 Å². The molecular formula is C34H34FN5O2. The van der Waals surface area contributed by atoms with E-state index in [1.165, 1.54) is 22.1 Å². The minimum absolute atomic E-state index is 0.0812. The Bertz CT molecular complexity index is 1590. The molecular weight excluding hydrogens is 529 g/mol. The highest BCUT2D eigenvalue weighted by molar-refractivity contribution is 6.07. The van der Waals surface area contributed by atoms with Gasteiger partial charge < -0.3 is 9.47 Å². The number of nitrogens with zero attached hydrogens (tertiary/aromatic N) is 5. The maximum absolute atomic E-state index is 14.8. The molecule has 42 heavy (non-hydrogen) atoms. The summed E-state index contributed by atoms with van der Waals surface area (Å²) in [6.07, 6.45) is 9.11. The molecule has 2 fully saturated rings. The molecule has 0 N–H and O–H groups in total. The third-order valence-electron chi connectivity index (χ3n) is 9.33. The van der Waals surface area contributed by atoms with E-state index in [1.54, 1.807) is 35.6 Å². The number of benzene rings is 3. The van der Waals surface area contributed by atoms with Crippen LogP contribution in [0.1, 0.15) is 54.0 Å². The van der Waals surface area contributed by atoms with Gasteiger partial charge in [-0.1, -0.05) is 54.6 Å². The van der Waals surface area contributed by atoms with Crippen LogP contribution in [0.4, 0.5) is 9.18 Å². The second kappa shape index (κ2) is 10.8. The summed E-state index contributed by atoms with van der Waals surface area (Å²) >= 11 is 0. The van der Waals surface area contributed by atoms with Crippen molar-refractivity contribution in [1.82, 2.24) is 24.3 Å². The first kappa shape index (κ1) is 26.6. The molecule has 1 aliphatic carbocycles. The summed E-state index contributed by atoms with van der Waals surface area (Å²) in [5.41, 5.74) is 3.96. The predicted molar refractivity (Wildman–Crippen MR) is 157 cm³/mol. The normalized spacial score (nSPS) is 20.4. The summed E-state index contributed by atoms with van der Waals surface area (Å²) in [5, 5.41) is 0. The Morgan fingerprint density at radius 3 is 2.43 bits per heavy atom. The molecule has 3 heterocycles. The van der Waals surface area contributed by atoms with Crippen LogP contribution in [0.25, 0.3) is 5.69 Å². The number of halogens is 1. The van der Waals surface area contributed by atoms with Crippen LogP contribution in [0.2, 0.25) is 0 Å². The number of amides is 3. The zero-order chi connectivity index (χ0) is 28.7. The molecule has 0 radical (unpaired) electrons. The van der Waals surface area contributed by atoms with E-state index in [2.05, 4.69) is 40.2 Å². The molecule has 4 aromatic rings. The molecule has 0 bridgehead atoms. The van der Waals surface area contributed by atoms with Gasteiger partial charge in [0.05, 0.1) is 18.9 Å². The van der Waals surface area contributed by atoms with Gasteiger partial charge in [-0.25, -0.2) is 14.2 Å². The van der Waals surface area contributed by atoms with E-state index >= 15 is 0 Å². The van der Waals surface area contributed by atoms with Gasteiger partial charge in [0.2, 0.25) is 0 Å². The summed E-state index contributed by atoms with van der Waals surface area (Å²) in [7, 11) is 0. The number of fused-ring (bicyclic) bond motifs is 1. The second-order valence-corrected chi connectivity index (χ2v) is 11.7. The molecule has 2 aliphatic heterocycles. The fraction of sp³-hybridized carbons (Fsp3) is 0.324. The molecule has 0 saturated carbocycles. The highest BCUT2D eigenvalue weighted by atomic mass is 19.1. The van der Waals surface area contributed by atoms with Gasteiger partial charge >= 0.3 is 6.03 Å². The van der Waals surface area contributed by atoms with Crippen LogP contribution < -0.4 is 0 Å². The number of imide groups is 1. The Kier molecular flexibility index (Phi) is 6.86. The van der Waals surface area contributed by atoms with E-state index in [0.717, 1.165) is 37.1 Å². The minimum atomic E-state index is -0.979. The summed E-state index contributed by atoms with van der Waals surface area (Å²) in [6, 6.07) is 22.5. The molecule has 1 spiro atoms. The van der Waals surface area contributed by atoms with Gasteiger partial charge in [0.25, 0.3) is 5.91 Å². The predicted octanol–water partition coefficient (Wildman–Crippen LogP) is 5.89. The van der Waals surface area contributed by atoms with Crippen molar-refractivity contribution < 1.29 is 14.0 Å². The van der Waals surface area contributed by atoms with Crippen molar-refractivity contribution in [2.75, 3.05) is 13.1 Å². The summed E-state index contributed by atoms with van der Waals surface area (Å²) in [5.74, 6) is -0.485. The highest BCUT2D eigenvalue weighted by Gasteiger charge is 2.59. The lowest BCUT2D eigenvalue weighted by Crippen LogP contribution is -2.56. The van der Waals surface area contributed by atoms with Crippen LogP contribution in [-0.4, -0.2) is 54.8 Å². The number of hydrogen-bond donors (Lipinski definition) is 0. The summed E-state index contributed by atoms with van der Waals surface area (Å²) in [6.45, 7) is 2.18. The van der Waals surface area contributed by atoms with Crippen molar-refractivity contribution in [3.05, 3.63) is 120 Å². The zero-order valence-electron chi connectivity index (χ0n) is 23.5. The zero-order valence-corrected chi connectivity index (χ0v) is 23.5. The van der Waals surface area contributed by atoms with Gasteiger partial charge in [-0.05, 0) is 67.0 Å². The number of carbonyl (C=O) groups excluding carboxylic acids is 2. The van der Waals surface area contributed by atoms with E-state index in [-0.39, 0.29) is 30.3 Å². The number of imidazole rings is 1. The fourth-order valence-electron chi connectivity index (χ4n) is 7.04. The lowest BCUT2D eigenvalue weighted by Gasteiger charge is -2.42. The Morgan fingerprint density at radius 1 is 0.905 bits per heavy atom. The molecule has 7 rings (SSSR count). The number of piperidine rings is 1. The number of urea groups is 1. The fourth-order valence-corrected chi connectivity index (χ4v) is 7.04. The number of aromatic nitrogens is 2. The smallest absolute Gasteiger partial charge is 0.306 e. The number of hydrogen-bond acceptors (Lipinski definition) is 4. The highest BCUT2D eigenvalue weighted by Crippen LogP contribution is 2.45. The Labute approximate surface area is 245 Å². The first-order valence-electron chi connectivity index (χ1n) is 14.8. The van der Waals surface area contributed by atoms with Crippen LogP contribution in [0.3, 0.4) is 0 Å². The third-order valence-corrected chi connectivity index (χ3v) is 9.33. The first-order chi connectivity index (χ1) is 20.5. The number of carbonyl (C=O) groups is 2. The summed E-state index contributed by atoms with van der Waals surface area (Å²) in [4.78, 5) is 38.3.